The summed E-state index contributed by atoms with van der Waals surface area (Å²) in [6, 6.07) is 0.760. The first-order chi connectivity index (χ1) is 7.19. The highest BCUT2D eigenvalue weighted by Gasteiger charge is 2.12. The summed E-state index contributed by atoms with van der Waals surface area (Å²) in [5, 5.41) is 8.77. The zero-order chi connectivity index (χ0) is 11.3. The number of rotatable bonds is 5. The van der Waals surface area contributed by atoms with Gasteiger partial charge in [-0.1, -0.05) is 6.08 Å². The van der Waals surface area contributed by atoms with E-state index in [2.05, 4.69) is 11.6 Å². The Kier molecular flexibility index (Phi) is 4.17. The molecule has 0 fully saturated rings. The van der Waals surface area contributed by atoms with Crippen LogP contribution in [0.1, 0.15) is 0 Å². The van der Waals surface area contributed by atoms with Gasteiger partial charge in [-0.15, -0.1) is 6.58 Å². The van der Waals surface area contributed by atoms with E-state index < -0.39 is 11.6 Å². The van der Waals surface area contributed by atoms with Gasteiger partial charge >= 0.3 is 0 Å². The molecule has 0 radical (unpaired) electrons. The smallest absolute Gasteiger partial charge is 0.168 e. The second kappa shape index (κ2) is 5.41. The second-order valence-electron chi connectivity index (χ2n) is 2.92. The van der Waals surface area contributed by atoms with Gasteiger partial charge in [0.1, 0.15) is 5.82 Å². The average molecular weight is 214 g/mol. The standard InChI is InChI=1S/C10H12F2N2O/c1-2-3-14(4-5-15)10-9(12)6-8(11)7-13-10/h2,6-7,15H,1,3-5H2. The lowest BCUT2D eigenvalue weighted by atomic mass is 10.3. The van der Waals surface area contributed by atoms with Gasteiger partial charge in [-0.3, -0.25) is 0 Å². The lowest BCUT2D eigenvalue weighted by Crippen LogP contribution is -2.28. The predicted octanol–water partition coefficient (Wildman–Crippen LogP) is 1.34. The number of nitrogens with zero attached hydrogens (tertiary/aromatic N) is 2. The Morgan fingerprint density at radius 2 is 2.27 bits per heavy atom. The molecule has 1 rings (SSSR count). The van der Waals surface area contributed by atoms with Crippen LogP contribution in [0.15, 0.2) is 24.9 Å². The van der Waals surface area contributed by atoms with E-state index in [-0.39, 0.29) is 19.0 Å². The number of aliphatic hydroxyl groups is 1. The van der Waals surface area contributed by atoms with Crippen LogP contribution in [0, 0.1) is 11.6 Å². The molecule has 0 amide bonds. The monoisotopic (exact) mass is 214 g/mol. The SMILES string of the molecule is C=CCN(CCO)c1ncc(F)cc1F. The van der Waals surface area contributed by atoms with Crippen LogP contribution in [-0.4, -0.2) is 29.8 Å². The van der Waals surface area contributed by atoms with Gasteiger partial charge in [-0.05, 0) is 0 Å². The van der Waals surface area contributed by atoms with Crippen molar-refractivity contribution in [1.29, 1.82) is 0 Å². The van der Waals surface area contributed by atoms with Crippen LogP contribution in [0.4, 0.5) is 14.6 Å². The van der Waals surface area contributed by atoms with Crippen LogP contribution < -0.4 is 4.90 Å². The fraction of sp³-hybridized carbons (Fsp3) is 0.300. The van der Waals surface area contributed by atoms with Gasteiger partial charge in [0.25, 0.3) is 0 Å². The first-order valence-corrected chi connectivity index (χ1v) is 4.46. The van der Waals surface area contributed by atoms with Crippen LogP contribution in [0.2, 0.25) is 0 Å². The molecule has 0 aliphatic rings. The van der Waals surface area contributed by atoms with Crippen molar-refractivity contribution in [2.24, 2.45) is 0 Å². The van der Waals surface area contributed by atoms with Crippen molar-refractivity contribution in [2.75, 3.05) is 24.6 Å². The molecule has 1 N–H and O–H groups in total. The molecule has 0 spiro atoms. The third-order valence-corrected chi connectivity index (χ3v) is 1.81. The van der Waals surface area contributed by atoms with E-state index in [0.717, 1.165) is 12.3 Å². The predicted molar refractivity (Wildman–Crippen MR) is 53.6 cm³/mol. The minimum Gasteiger partial charge on any atom is -0.395 e. The molecule has 1 heterocycles. The third-order valence-electron chi connectivity index (χ3n) is 1.81. The first-order valence-electron chi connectivity index (χ1n) is 4.46. The quantitative estimate of drug-likeness (QED) is 0.751. The zero-order valence-electron chi connectivity index (χ0n) is 8.16. The zero-order valence-corrected chi connectivity index (χ0v) is 8.16. The van der Waals surface area contributed by atoms with Gasteiger partial charge < -0.3 is 10.0 Å². The topological polar surface area (TPSA) is 36.4 Å². The number of hydrogen-bond donors (Lipinski definition) is 1. The van der Waals surface area contributed by atoms with Crippen molar-refractivity contribution < 1.29 is 13.9 Å². The Hall–Kier alpha value is -1.49. The highest BCUT2D eigenvalue weighted by atomic mass is 19.1. The number of anilines is 1. The number of aromatic nitrogens is 1. The molecule has 0 bridgehead atoms. The van der Waals surface area contributed by atoms with Gasteiger partial charge in [0.05, 0.1) is 12.8 Å². The van der Waals surface area contributed by atoms with Crippen LogP contribution in [0.5, 0.6) is 0 Å². The van der Waals surface area contributed by atoms with E-state index in [1.54, 1.807) is 6.08 Å². The van der Waals surface area contributed by atoms with Gasteiger partial charge in [0, 0.05) is 19.2 Å². The van der Waals surface area contributed by atoms with Gasteiger partial charge in [-0.25, -0.2) is 13.8 Å². The van der Waals surface area contributed by atoms with Crippen LogP contribution in [0.25, 0.3) is 0 Å². The van der Waals surface area contributed by atoms with Crippen molar-refractivity contribution >= 4 is 5.82 Å². The molecule has 15 heavy (non-hydrogen) atoms. The number of pyridine rings is 1. The van der Waals surface area contributed by atoms with Crippen molar-refractivity contribution in [3.63, 3.8) is 0 Å². The maximum Gasteiger partial charge on any atom is 0.168 e. The minimum absolute atomic E-state index is 0.0188. The highest BCUT2D eigenvalue weighted by molar-refractivity contribution is 5.40. The van der Waals surface area contributed by atoms with E-state index in [1.807, 2.05) is 0 Å². The molecule has 0 aromatic carbocycles. The molecule has 5 heteroatoms. The molecular weight excluding hydrogens is 202 g/mol. The third kappa shape index (κ3) is 2.99. The molecule has 0 atom stereocenters. The Morgan fingerprint density at radius 3 is 2.80 bits per heavy atom. The molecular formula is C10H12F2N2O. The summed E-state index contributed by atoms with van der Waals surface area (Å²) in [6.07, 6.45) is 2.49. The molecule has 82 valence electrons. The fourth-order valence-electron chi connectivity index (χ4n) is 1.20. The summed E-state index contributed by atoms with van der Waals surface area (Å²) in [4.78, 5) is 5.11. The van der Waals surface area contributed by atoms with Crippen molar-refractivity contribution in [1.82, 2.24) is 4.98 Å². The van der Waals surface area contributed by atoms with Gasteiger partial charge in [-0.2, -0.15) is 0 Å². The minimum atomic E-state index is -0.745. The second-order valence-corrected chi connectivity index (χ2v) is 2.92. The number of hydrogen-bond acceptors (Lipinski definition) is 3. The number of halogens is 2. The van der Waals surface area contributed by atoms with E-state index in [9.17, 15) is 8.78 Å². The average Bonchev–Trinajstić information content (AvgIpc) is 2.17. The lowest BCUT2D eigenvalue weighted by Gasteiger charge is -2.21. The maximum absolute atomic E-state index is 13.3. The van der Waals surface area contributed by atoms with E-state index in [4.69, 9.17) is 5.11 Å². The van der Waals surface area contributed by atoms with Crippen LogP contribution >= 0.6 is 0 Å². The van der Waals surface area contributed by atoms with Crippen molar-refractivity contribution in [3.05, 3.63) is 36.6 Å². The summed E-state index contributed by atoms with van der Waals surface area (Å²) < 4.78 is 25.9. The normalized spacial score (nSPS) is 10.1. The molecule has 0 saturated carbocycles. The maximum atomic E-state index is 13.3. The van der Waals surface area contributed by atoms with Gasteiger partial charge in [0.15, 0.2) is 11.6 Å². The van der Waals surface area contributed by atoms with E-state index in [1.165, 1.54) is 4.90 Å². The molecule has 0 unspecified atom stereocenters. The molecule has 1 aromatic rings. The fourth-order valence-corrected chi connectivity index (χ4v) is 1.20. The molecule has 1 aromatic heterocycles. The van der Waals surface area contributed by atoms with Gasteiger partial charge in [0.2, 0.25) is 0 Å². The van der Waals surface area contributed by atoms with Crippen molar-refractivity contribution in [3.8, 4) is 0 Å². The van der Waals surface area contributed by atoms with Crippen LogP contribution in [-0.2, 0) is 0 Å². The first kappa shape index (κ1) is 11.6. The molecule has 0 aliphatic carbocycles. The van der Waals surface area contributed by atoms with E-state index in [0.29, 0.717) is 6.54 Å². The molecule has 3 nitrogen and oxygen atoms in total. The summed E-state index contributed by atoms with van der Waals surface area (Å²) in [7, 11) is 0. The lowest BCUT2D eigenvalue weighted by molar-refractivity contribution is 0.302. The van der Waals surface area contributed by atoms with Crippen molar-refractivity contribution in [2.45, 2.75) is 0 Å². The Balaban J connectivity index is 2.94. The molecule has 0 aliphatic heterocycles. The van der Waals surface area contributed by atoms with E-state index >= 15 is 0 Å². The highest BCUT2D eigenvalue weighted by Crippen LogP contribution is 2.16. The summed E-state index contributed by atoms with van der Waals surface area (Å²) in [5.74, 6) is -1.45. The summed E-state index contributed by atoms with van der Waals surface area (Å²) in [5.41, 5.74) is 0. The summed E-state index contributed by atoms with van der Waals surface area (Å²) >= 11 is 0. The Labute approximate surface area is 86.7 Å². The Bertz CT molecular complexity index is 344. The number of aliphatic hydroxyl groups excluding tert-OH is 1. The van der Waals surface area contributed by atoms with Crippen LogP contribution in [0.3, 0.4) is 0 Å². The summed E-state index contributed by atoms with van der Waals surface area (Å²) in [6.45, 7) is 3.94. The molecule has 0 saturated heterocycles. The largest absolute Gasteiger partial charge is 0.395 e. The Morgan fingerprint density at radius 1 is 1.53 bits per heavy atom.